The van der Waals surface area contributed by atoms with Crippen LogP contribution in [0.5, 0.6) is 5.75 Å². The fourth-order valence-electron chi connectivity index (χ4n) is 2.07. The summed E-state index contributed by atoms with van der Waals surface area (Å²) < 4.78 is 68.6. The molecule has 0 radical (unpaired) electrons. The van der Waals surface area contributed by atoms with E-state index in [0.717, 1.165) is 24.4 Å². The third-order valence-corrected chi connectivity index (χ3v) is 4.85. The van der Waals surface area contributed by atoms with Crippen LogP contribution in [0.2, 0.25) is 5.02 Å². The molecule has 0 aliphatic rings. The number of aromatic nitrogens is 1. The molecule has 0 fully saturated rings. The van der Waals surface area contributed by atoms with Crippen molar-refractivity contribution in [3.05, 3.63) is 47.2 Å². The number of hydrogen-bond acceptors (Lipinski definition) is 5. The van der Waals surface area contributed by atoms with E-state index in [2.05, 4.69) is 19.8 Å². The Hall–Kier alpha value is -2.53. The predicted molar refractivity (Wildman–Crippen MR) is 95.8 cm³/mol. The summed E-state index contributed by atoms with van der Waals surface area (Å²) in [6.07, 6.45) is -2.08. The first-order valence-corrected chi connectivity index (χ1v) is 9.69. The zero-order valence-electron chi connectivity index (χ0n) is 14.4. The number of anilines is 1. The number of nitrogens with one attached hydrogen (secondary N) is 2. The summed E-state index contributed by atoms with van der Waals surface area (Å²) >= 11 is 5.72. The molecule has 28 heavy (non-hydrogen) atoms. The maximum atomic E-state index is 12.6. The second-order valence-electron chi connectivity index (χ2n) is 5.46. The molecule has 12 heteroatoms. The van der Waals surface area contributed by atoms with E-state index in [1.54, 1.807) is 0 Å². The molecule has 2 N–H and O–H groups in total. The number of amides is 1. The first-order chi connectivity index (χ1) is 13.0. The highest BCUT2D eigenvalue weighted by molar-refractivity contribution is 7.92. The summed E-state index contributed by atoms with van der Waals surface area (Å²) in [6.45, 7) is 2.27. The van der Waals surface area contributed by atoms with Crippen molar-refractivity contribution in [2.45, 2.75) is 24.6 Å². The molecule has 0 saturated heterocycles. The van der Waals surface area contributed by atoms with E-state index in [1.165, 1.54) is 12.3 Å². The Labute approximate surface area is 163 Å². The van der Waals surface area contributed by atoms with Crippen LogP contribution in [0.3, 0.4) is 0 Å². The van der Waals surface area contributed by atoms with Crippen molar-refractivity contribution < 1.29 is 31.1 Å². The highest BCUT2D eigenvalue weighted by Crippen LogP contribution is 2.32. The molecule has 0 unspecified atom stereocenters. The van der Waals surface area contributed by atoms with Crippen LogP contribution in [-0.2, 0) is 10.0 Å². The Kier molecular flexibility index (Phi) is 6.73. The Morgan fingerprint density at radius 1 is 1.25 bits per heavy atom. The van der Waals surface area contributed by atoms with E-state index in [4.69, 9.17) is 11.6 Å². The third kappa shape index (κ3) is 5.99. The van der Waals surface area contributed by atoms with Gasteiger partial charge in [0.25, 0.3) is 15.9 Å². The van der Waals surface area contributed by atoms with Crippen molar-refractivity contribution in [1.29, 1.82) is 0 Å². The molecule has 0 saturated carbocycles. The summed E-state index contributed by atoms with van der Waals surface area (Å²) in [7, 11) is -4.53. The number of pyridine rings is 1. The molecule has 1 aromatic heterocycles. The molecule has 7 nitrogen and oxygen atoms in total. The number of ether oxygens (including phenoxy) is 1. The fraction of sp³-hybridized carbons (Fsp3) is 0.250. The molecule has 0 aliphatic heterocycles. The summed E-state index contributed by atoms with van der Waals surface area (Å²) in [5.41, 5.74) is -0.0476. The number of carbonyl (C=O) groups is 1. The second kappa shape index (κ2) is 8.65. The molecule has 0 atom stereocenters. The van der Waals surface area contributed by atoms with Crippen LogP contribution in [0, 0.1) is 0 Å². The van der Waals surface area contributed by atoms with Gasteiger partial charge in [-0.05, 0) is 30.7 Å². The van der Waals surface area contributed by atoms with Crippen LogP contribution < -0.4 is 14.8 Å². The minimum Gasteiger partial charge on any atom is -0.404 e. The summed E-state index contributed by atoms with van der Waals surface area (Å²) in [5.74, 6) is -1.42. The fourth-order valence-corrected chi connectivity index (χ4v) is 3.50. The number of benzene rings is 1. The second-order valence-corrected chi connectivity index (χ2v) is 7.55. The van der Waals surface area contributed by atoms with Gasteiger partial charge in [0.15, 0.2) is 0 Å². The van der Waals surface area contributed by atoms with Crippen molar-refractivity contribution >= 4 is 33.2 Å². The Morgan fingerprint density at radius 2 is 1.96 bits per heavy atom. The van der Waals surface area contributed by atoms with Gasteiger partial charge in [0.2, 0.25) is 0 Å². The molecule has 1 aromatic carbocycles. The lowest BCUT2D eigenvalue weighted by molar-refractivity contribution is -0.275. The predicted octanol–water partition coefficient (Wildman–Crippen LogP) is 3.57. The molecule has 0 spiro atoms. The van der Waals surface area contributed by atoms with Crippen molar-refractivity contribution in [3.8, 4) is 5.75 Å². The van der Waals surface area contributed by atoms with Gasteiger partial charge >= 0.3 is 6.36 Å². The van der Waals surface area contributed by atoms with Gasteiger partial charge in [-0.25, -0.2) is 8.42 Å². The smallest absolute Gasteiger partial charge is 0.404 e. The van der Waals surface area contributed by atoms with Crippen LogP contribution in [0.15, 0.2) is 41.6 Å². The SMILES string of the molecule is CCCNC(=O)c1cncc(NS(=O)(=O)c2cc(Cl)ccc2OC(F)(F)F)c1. The molecule has 1 heterocycles. The Morgan fingerprint density at radius 3 is 2.61 bits per heavy atom. The zero-order valence-corrected chi connectivity index (χ0v) is 16.0. The minimum absolute atomic E-state index is 0.0755. The van der Waals surface area contributed by atoms with Crippen LogP contribution in [0.25, 0.3) is 0 Å². The van der Waals surface area contributed by atoms with Crippen LogP contribution in [0.1, 0.15) is 23.7 Å². The van der Waals surface area contributed by atoms with E-state index in [-0.39, 0.29) is 16.3 Å². The number of halogens is 4. The van der Waals surface area contributed by atoms with Crippen molar-refractivity contribution in [3.63, 3.8) is 0 Å². The number of carbonyl (C=O) groups excluding carboxylic acids is 1. The summed E-state index contributed by atoms with van der Waals surface area (Å²) in [4.78, 5) is 14.9. The maximum absolute atomic E-state index is 12.6. The first kappa shape index (κ1) is 21.8. The topological polar surface area (TPSA) is 97.4 Å². The lowest BCUT2D eigenvalue weighted by Crippen LogP contribution is -2.24. The number of rotatable bonds is 7. The van der Waals surface area contributed by atoms with Crippen LogP contribution in [-0.4, -0.2) is 32.2 Å². The average Bonchev–Trinajstić information content (AvgIpc) is 2.59. The Bertz CT molecular complexity index is 968. The van der Waals surface area contributed by atoms with Gasteiger partial charge in [0.05, 0.1) is 17.4 Å². The number of alkyl halides is 3. The normalized spacial score (nSPS) is 11.8. The molecule has 2 aromatic rings. The number of sulfonamides is 1. The highest BCUT2D eigenvalue weighted by Gasteiger charge is 2.34. The van der Waals surface area contributed by atoms with E-state index >= 15 is 0 Å². The van der Waals surface area contributed by atoms with E-state index in [1.807, 2.05) is 6.92 Å². The lowest BCUT2D eigenvalue weighted by Gasteiger charge is -2.15. The first-order valence-electron chi connectivity index (χ1n) is 7.83. The third-order valence-electron chi connectivity index (χ3n) is 3.21. The molecular formula is C16H15ClF3N3O4S. The van der Waals surface area contributed by atoms with Crippen LogP contribution >= 0.6 is 11.6 Å². The van der Waals surface area contributed by atoms with E-state index < -0.39 is 32.9 Å². The van der Waals surface area contributed by atoms with Crippen LogP contribution in [0.4, 0.5) is 18.9 Å². The van der Waals surface area contributed by atoms with Crippen molar-refractivity contribution in [2.75, 3.05) is 11.3 Å². The van der Waals surface area contributed by atoms with Gasteiger partial charge < -0.3 is 10.1 Å². The lowest BCUT2D eigenvalue weighted by atomic mass is 10.2. The quantitative estimate of drug-likeness (QED) is 0.690. The van der Waals surface area contributed by atoms with Crippen molar-refractivity contribution in [1.82, 2.24) is 10.3 Å². The van der Waals surface area contributed by atoms with Gasteiger partial charge in [-0.15, -0.1) is 13.2 Å². The summed E-state index contributed by atoms with van der Waals surface area (Å²) in [6, 6.07) is 3.86. The largest absolute Gasteiger partial charge is 0.573 e. The zero-order chi connectivity index (χ0) is 20.9. The van der Waals surface area contributed by atoms with E-state index in [9.17, 15) is 26.4 Å². The molecule has 1 amide bonds. The monoisotopic (exact) mass is 437 g/mol. The average molecular weight is 438 g/mol. The highest BCUT2D eigenvalue weighted by atomic mass is 35.5. The maximum Gasteiger partial charge on any atom is 0.573 e. The molecule has 152 valence electrons. The molecule has 0 bridgehead atoms. The number of hydrogen-bond donors (Lipinski definition) is 2. The van der Waals surface area contributed by atoms with Crippen molar-refractivity contribution in [2.24, 2.45) is 0 Å². The molecule has 0 aliphatic carbocycles. The minimum atomic E-state index is -5.10. The van der Waals surface area contributed by atoms with Gasteiger partial charge in [-0.3, -0.25) is 14.5 Å². The van der Waals surface area contributed by atoms with Gasteiger partial charge in [0, 0.05) is 17.8 Å². The molecular weight excluding hydrogens is 423 g/mol. The molecule has 2 rings (SSSR count). The number of nitrogens with zero attached hydrogens (tertiary/aromatic N) is 1. The standard InChI is InChI=1S/C16H15ClF3N3O4S/c1-2-5-22-15(24)10-6-12(9-21-8-10)23-28(25,26)14-7-11(17)3-4-13(14)27-16(18,19)20/h3-4,6-9,23H,2,5H2,1H3,(H,22,24). The Balaban J connectivity index is 2.34. The van der Waals surface area contributed by atoms with Gasteiger partial charge in [-0.1, -0.05) is 18.5 Å². The van der Waals surface area contributed by atoms with E-state index in [0.29, 0.717) is 13.0 Å². The van der Waals surface area contributed by atoms with Gasteiger partial charge in [-0.2, -0.15) is 0 Å². The van der Waals surface area contributed by atoms with Gasteiger partial charge in [0.1, 0.15) is 10.6 Å². The summed E-state index contributed by atoms with van der Waals surface area (Å²) in [5, 5.41) is 2.48.